The van der Waals surface area contributed by atoms with Gasteiger partial charge in [-0.2, -0.15) is 0 Å². The predicted octanol–water partition coefficient (Wildman–Crippen LogP) is 3.47. The summed E-state index contributed by atoms with van der Waals surface area (Å²) in [5.74, 6) is -1.61. The van der Waals surface area contributed by atoms with E-state index < -0.39 is 17.9 Å². The molecular formula is C23H28N2O4. The van der Waals surface area contributed by atoms with Gasteiger partial charge in [0.1, 0.15) is 0 Å². The number of carbonyl (C=O) groups excluding carboxylic acids is 2. The van der Waals surface area contributed by atoms with Gasteiger partial charge in [0.15, 0.2) is 6.04 Å². The monoisotopic (exact) mass is 396 g/mol. The Hall–Kier alpha value is -3.15. The number of amides is 2. The minimum absolute atomic E-state index is 0.0459. The molecule has 0 spiro atoms. The fourth-order valence-corrected chi connectivity index (χ4v) is 3.23. The van der Waals surface area contributed by atoms with Crippen LogP contribution in [-0.4, -0.2) is 34.8 Å². The van der Waals surface area contributed by atoms with Crippen molar-refractivity contribution in [2.24, 2.45) is 5.92 Å². The fourth-order valence-electron chi connectivity index (χ4n) is 3.23. The van der Waals surface area contributed by atoms with Gasteiger partial charge in [0, 0.05) is 25.1 Å². The first-order valence-electron chi connectivity index (χ1n) is 9.54. The molecule has 29 heavy (non-hydrogen) atoms. The molecule has 6 nitrogen and oxygen atoms in total. The van der Waals surface area contributed by atoms with E-state index in [-0.39, 0.29) is 11.8 Å². The van der Waals surface area contributed by atoms with Gasteiger partial charge in [-0.25, -0.2) is 4.79 Å². The van der Waals surface area contributed by atoms with E-state index in [1.54, 1.807) is 48.3 Å². The number of carboxylic acids is 1. The first kappa shape index (κ1) is 22.1. The molecule has 0 radical (unpaired) electrons. The first-order valence-corrected chi connectivity index (χ1v) is 9.54. The second-order valence-electron chi connectivity index (χ2n) is 7.71. The number of aryl methyl sites for hydroxylation is 2. The molecule has 0 aromatic heterocycles. The minimum atomic E-state index is -1.13. The average molecular weight is 396 g/mol. The Morgan fingerprint density at radius 1 is 1.00 bits per heavy atom. The highest BCUT2D eigenvalue weighted by Crippen LogP contribution is 2.18. The van der Waals surface area contributed by atoms with Crippen molar-refractivity contribution < 1.29 is 19.5 Å². The lowest BCUT2D eigenvalue weighted by molar-refractivity contribution is -0.139. The van der Waals surface area contributed by atoms with E-state index in [9.17, 15) is 19.5 Å². The Kier molecular flexibility index (Phi) is 7.15. The summed E-state index contributed by atoms with van der Waals surface area (Å²) < 4.78 is 0. The zero-order valence-corrected chi connectivity index (χ0v) is 17.5. The topological polar surface area (TPSA) is 86.7 Å². The first-order chi connectivity index (χ1) is 13.6. The number of carbonyl (C=O) groups is 3. The van der Waals surface area contributed by atoms with Crippen LogP contribution in [0.5, 0.6) is 0 Å². The second-order valence-corrected chi connectivity index (χ2v) is 7.71. The summed E-state index contributed by atoms with van der Waals surface area (Å²) in [7, 11) is 1.74. The van der Waals surface area contributed by atoms with E-state index in [1.165, 1.54) is 0 Å². The SMILES string of the molecule is Cc1cc(C)cc(C(NC(=O)c2ccc(CN(C)C(=O)C(C)C)cc2)C(=O)O)c1. The van der Waals surface area contributed by atoms with Crippen molar-refractivity contribution in [3.05, 3.63) is 70.3 Å². The molecule has 0 saturated heterocycles. The Morgan fingerprint density at radius 2 is 1.55 bits per heavy atom. The van der Waals surface area contributed by atoms with E-state index in [1.807, 2.05) is 33.8 Å². The van der Waals surface area contributed by atoms with Crippen molar-refractivity contribution >= 4 is 17.8 Å². The van der Waals surface area contributed by atoms with Gasteiger partial charge in [-0.15, -0.1) is 0 Å². The highest BCUT2D eigenvalue weighted by atomic mass is 16.4. The third-order valence-electron chi connectivity index (χ3n) is 4.61. The number of benzene rings is 2. The standard InChI is InChI=1S/C23H28N2O4/c1-14(2)22(27)25(5)13-17-6-8-18(9-7-17)21(26)24-20(23(28)29)19-11-15(3)10-16(4)12-19/h6-12,14,20H,13H2,1-5H3,(H,24,26)(H,28,29). The predicted molar refractivity (Wildman–Crippen MR) is 112 cm³/mol. The molecule has 1 unspecified atom stereocenters. The molecule has 2 aromatic carbocycles. The number of rotatable bonds is 7. The van der Waals surface area contributed by atoms with Crippen molar-refractivity contribution in [1.29, 1.82) is 0 Å². The van der Waals surface area contributed by atoms with Crippen molar-refractivity contribution in [2.45, 2.75) is 40.3 Å². The molecule has 6 heteroatoms. The molecule has 0 fully saturated rings. The Balaban J connectivity index is 2.12. The van der Waals surface area contributed by atoms with Gasteiger partial charge in [-0.1, -0.05) is 55.3 Å². The molecule has 0 aliphatic carbocycles. The molecule has 2 rings (SSSR count). The lowest BCUT2D eigenvalue weighted by Crippen LogP contribution is -2.34. The highest BCUT2D eigenvalue weighted by Gasteiger charge is 2.23. The molecule has 0 aliphatic rings. The van der Waals surface area contributed by atoms with Crippen LogP contribution in [0.1, 0.15) is 52.5 Å². The van der Waals surface area contributed by atoms with Crippen LogP contribution in [0.3, 0.4) is 0 Å². The molecular weight excluding hydrogens is 368 g/mol. The van der Waals surface area contributed by atoms with Crippen molar-refractivity contribution in [3.8, 4) is 0 Å². The molecule has 0 aliphatic heterocycles. The number of aliphatic carboxylic acids is 1. The molecule has 154 valence electrons. The van der Waals surface area contributed by atoms with Gasteiger partial charge in [-0.05, 0) is 37.1 Å². The van der Waals surface area contributed by atoms with Crippen LogP contribution in [0.25, 0.3) is 0 Å². The van der Waals surface area contributed by atoms with Gasteiger partial charge in [0.05, 0.1) is 0 Å². The quantitative estimate of drug-likeness (QED) is 0.750. The van der Waals surface area contributed by atoms with Gasteiger partial charge < -0.3 is 15.3 Å². The Labute approximate surface area is 171 Å². The molecule has 2 amide bonds. The fraction of sp³-hybridized carbons (Fsp3) is 0.348. The van der Waals surface area contributed by atoms with Crippen LogP contribution in [0.4, 0.5) is 0 Å². The van der Waals surface area contributed by atoms with E-state index in [2.05, 4.69) is 5.32 Å². The average Bonchev–Trinajstić information content (AvgIpc) is 2.64. The largest absolute Gasteiger partial charge is 0.479 e. The lowest BCUT2D eigenvalue weighted by atomic mass is 10.0. The van der Waals surface area contributed by atoms with Gasteiger partial charge >= 0.3 is 5.97 Å². The number of hydrogen-bond donors (Lipinski definition) is 2. The lowest BCUT2D eigenvalue weighted by Gasteiger charge is -2.20. The van der Waals surface area contributed by atoms with Crippen molar-refractivity contribution in [1.82, 2.24) is 10.2 Å². The Bertz CT molecular complexity index is 883. The van der Waals surface area contributed by atoms with Gasteiger partial charge in [-0.3, -0.25) is 9.59 Å². The number of hydrogen-bond acceptors (Lipinski definition) is 3. The third kappa shape index (κ3) is 5.91. The van der Waals surface area contributed by atoms with Crippen LogP contribution < -0.4 is 5.32 Å². The van der Waals surface area contributed by atoms with E-state index >= 15 is 0 Å². The van der Waals surface area contributed by atoms with Gasteiger partial charge in [0.25, 0.3) is 5.91 Å². The summed E-state index contributed by atoms with van der Waals surface area (Å²) in [4.78, 5) is 38.0. The summed E-state index contributed by atoms with van der Waals surface area (Å²) >= 11 is 0. The summed E-state index contributed by atoms with van der Waals surface area (Å²) in [5, 5.41) is 12.2. The van der Waals surface area contributed by atoms with Crippen molar-refractivity contribution in [2.75, 3.05) is 7.05 Å². The molecule has 0 bridgehead atoms. The second kappa shape index (κ2) is 9.37. The van der Waals surface area contributed by atoms with Crippen LogP contribution >= 0.6 is 0 Å². The van der Waals surface area contributed by atoms with E-state index in [4.69, 9.17) is 0 Å². The summed E-state index contributed by atoms with van der Waals surface area (Å²) in [6.45, 7) is 7.91. The smallest absolute Gasteiger partial charge is 0.330 e. The molecule has 2 N–H and O–H groups in total. The Morgan fingerprint density at radius 3 is 2.03 bits per heavy atom. The molecule has 2 aromatic rings. The van der Waals surface area contributed by atoms with E-state index in [0.29, 0.717) is 17.7 Å². The zero-order chi connectivity index (χ0) is 21.7. The van der Waals surface area contributed by atoms with Crippen LogP contribution in [0, 0.1) is 19.8 Å². The molecule has 1 atom stereocenters. The molecule has 0 heterocycles. The maximum absolute atomic E-state index is 12.6. The number of carboxylic acid groups (broad SMARTS) is 1. The maximum atomic E-state index is 12.6. The third-order valence-corrected chi connectivity index (χ3v) is 4.61. The summed E-state index contributed by atoms with van der Waals surface area (Å²) in [6.07, 6.45) is 0. The van der Waals surface area contributed by atoms with Gasteiger partial charge in [0.2, 0.25) is 5.91 Å². The highest BCUT2D eigenvalue weighted by molar-refractivity contribution is 5.96. The van der Waals surface area contributed by atoms with Crippen molar-refractivity contribution in [3.63, 3.8) is 0 Å². The maximum Gasteiger partial charge on any atom is 0.330 e. The van der Waals surface area contributed by atoms with Crippen LogP contribution in [0.15, 0.2) is 42.5 Å². The van der Waals surface area contributed by atoms with Crippen LogP contribution in [0.2, 0.25) is 0 Å². The summed E-state index contributed by atoms with van der Waals surface area (Å²) in [5.41, 5.74) is 3.66. The minimum Gasteiger partial charge on any atom is -0.479 e. The van der Waals surface area contributed by atoms with Crippen LogP contribution in [-0.2, 0) is 16.1 Å². The molecule has 0 saturated carbocycles. The normalized spacial score (nSPS) is 11.8. The van der Waals surface area contributed by atoms with E-state index in [0.717, 1.165) is 16.7 Å². The zero-order valence-electron chi connectivity index (χ0n) is 17.5. The number of nitrogens with zero attached hydrogens (tertiary/aromatic N) is 1. The number of nitrogens with one attached hydrogen (secondary N) is 1. The summed E-state index contributed by atoms with van der Waals surface area (Å²) in [6, 6.07) is 11.2.